The molecule has 5 heteroatoms. The summed E-state index contributed by atoms with van der Waals surface area (Å²) in [6.45, 7) is 7.42. The zero-order valence-electron chi connectivity index (χ0n) is 17.6. The largest absolute Gasteiger partial charge is 0.451 e. The van der Waals surface area contributed by atoms with E-state index in [-0.39, 0.29) is 46.1 Å². The molecule has 5 aliphatic carbocycles. The highest BCUT2D eigenvalue weighted by atomic mass is 35.5. The second kappa shape index (κ2) is 5.84. The lowest BCUT2D eigenvalue weighted by Gasteiger charge is -2.57. The lowest BCUT2D eigenvalue weighted by Crippen LogP contribution is -2.58. The lowest BCUT2D eigenvalue weighted by atomic mass is 9.47. The Bertz CT molecular complexity index is 903. The zero-order chi connectivity index (χ0) is 20.9. The Kier molecular flexibility index (Phi) is 3.93. The second-order valence-electron chi connectivity index (χ2n) is 10.5. The van der Waals surface area contributed by atoms with E-state index in [1.165, 1.54) is 6.92 Å². The Hall–Kier alpha value is -1.42. The minimum absolute atomic E-state index is 0.0423. The van der Waals surface area contributed by atoms with E-state index in [0.29, 0.717) is 23.3 Å². The first-order valence-electron chi connectivity index (χ1n) is 10.9. The van der Waals surface area contributed by atoms with Crippen LogP contribution in [0.1, 0.15) is 59.8 Å². The molecule has 0 bridgehead atoms. The fourth-order valence-corrected chi connectivity index (χ4v) is 8.43. The van der Waals surface area contributed by atoms with Crippen LogP contribution in [0.5, 0.6) is 0 Å². The van der Waals surface area contributed by atoms with Crippen LogP contribution < -0.4 is 0 Å². The number of ketones is 2. The normalized spacial score (nSPS) is 49.7. The first-order valence-corrected chi connectivity index (χ1v) is 11.3. The van der Waals surface area contributed by atoms with Gasteiger partial charge in [0, 0.05) is 28.7 Å². The number of esters is 1. The molecule has 0 N–H and O–H groups in total. The highest BCUT2D eigenvalue weighted by Gasteiger charge is 2.70. The Morgan fingerprint density at radius 2 is 1.79 bits per heavy atom. The van der Waals surface area contributed by atoms with Crippen LogP contribution in [0.4, 0.5) is 0 Å². The van der Waals surface area contributed by atoms with Gasteiger partial charge in [0.2, 0.25) is 0 Å². The first kappa shape index (κ1) is 19.5. The third kappa shape index (κ3) is 2.24. The number of fused-ring (bicyclic) bond motifs is 7. The van der Waals surface area contributed by atoms with Gasteiger partial charge in [-0.25, -0.2) is 0 Å². The van der Waals surface area contributed by atoms with Gasteiger partial charge in [0.15, 0.2) is 17.2 Å². The summed E-state index contributed by atoms with van der Waals surface area (Å²) in [7, 11) is 0. The van der Waals surface area contributed by atoms with Crippen molar-refractivity contribution in [2.75, 3.05) is 0 Å². The van der Waals surface area contributed by atoms with Crippen molar-refractivity contribution in [1.82, 2.24) is 0 Å². The van der Waals surface area contributed by atoms with Crippen LogP contribution in [0.3, 0.4) is 0 Å². The highest BCUT2D eigenvalue weighted by Crippen LogP contribution is 2.72. The van der Waals surface area contributed by atoms with Crippen molar-refractivity contribution >= 4 is 29.1 Å². The molecule has 0 aromatic rings. The third-order valence-electron chi connectivity index (χ3n) is 9.50. The molecule has 5 rings (SSSR count). The zero-order valence-corrected chi connectivity index (χ0v) is 18.3. The van der Waals surface area contributed by atoms with Crippen molar-refractivity contribution in [3.63, 3.8) is 0 Å². The van der Waals surface area contributed by atoms with E-state index in [2.05, 4.69) is 19.9 Å². The molecule has 0 radical (unpaired) electrons. The molecule has 156 valence electrons. The number of carbonyl (C=O) groups excluding carboxylic acids is 3. The lowest BCUT2D eigenvalue weighted by molar-refractivity contribution is -0.185. The van der Waals surface area contributed by atoms with E-state index in [1.54, 1.807) is 6.92 Å². The summed E-state index contributed by atoms with van der Waals surface area (Å²) in [5.41, 5.74) is -0.455. The fraction of sp³-hybridized carbons (Fsp3) is 0.708. The maximum Gasteiger partial charge on any atom is 0.303 e. The summed E-state index contributed by atoms with van der Waals surface area (Å²) in [5, 5.41) is 0.713. The molecule has 0 aromatic carbocycles. The molecular weight excluding hydrogens is 388 g/mol. The average molecular weight is 417 g/mol. The van der Waals surface area contributed by atoms with Gasteiger partial charge in [-0.3, -0.25) is 14.4 Å². The molecule has 1 unspecified atom stereocenters. The molecule has 8 atom stereocenters. The highest BCUT2D eigenvalue weighted by molar-refractivity contribution is 6.32. The predicted octanol–water partition coefficient (Wildman–Crippen LogP) is 4.61. The minimum atomic E-state index is -1.03. The van der Waals surface area contributed by atoms with Gasteiger partial charge in [0.05, 0.1) is 0 Å². The van der Waals surface area contributed by atoms with Crippen molar-refractivity contribution in [2.24, 2.45) is 40.4 Å². The van der Waals surface area contributed by atoms with E-state index in [4.69, 9.17) is 16.3 Å². The monoisotopic (exact) mass is 416 g/mol. The number of ether oxygens (including phenoxy) is 1. The van der Waals surface area contributed by atoms with Crippen LogP contribution in [-0.4, -0.2) is 23.1 Å². The molecule has 3 saturated carbocycles. The summed E-state index contributed by atoms with van der Waals surface area (Å²) in [6, 6.07) is 0. The smallest absolute Gasteiger partial charge is 0.303 e. The standard InChI is InChI=1S/C24H29ClO4/c1-12(26)24(29-13(2)27)8-6-16-14-10-20(25)19-11-21(28)15-9-18(15)23(19,4)17(14)5-7-22(16,24)3/h10-11,14-18H,5-9H2,1-4H3/t14-,15-,16?,17-,18+,22+,23+,24+/m1/s1. The third-order valence-corrected chi connectivity index (χ3v) is 9.83. The van der Waals surface area contributed by atoms with Gasteiger partial charge in [-0.15, -0.1) is 0 Å². The minimum Gasteiger partial charge on any atom is -0.451 e. The molecule has 0 heterocycles. The number of carbonyl (C=O) groups is 3. The molecule has 0 aromatic heterocycles. The molecular formula is C24H29ClO4. The molecule has 0 spiro atoms. The number of rotatable bonds is 2. The van der Waals surface area contributed by atoms with Crippen LogP contribution in [0.25, 0.3) is 0 Å². The molecule has 0 aliphatic heterocycles. The SMILES string of the molecule is CC(=O)O[C@]1(C(C)=O)CCC2[C@H]3C=C(Cl)C4=CC(=O)[C@@H]5C[C@@H]5[C@]4(C)[C@@H]3CC[C@@]21C. The number of Topliss-reactive ketones (excluding diaryl/α,β-unsaturated/α-hetero) is 1. The quantitative estimate of drug-likeness (QED) is 0.617. The maximum absolute atomic E-state index is 12.8. The van der Waals surface area contributed by atoms with Crippen molar-refractivity contribution < 1.29 is 19.1 Å². The summed E-state index contributed by atoms with van der Waals surface area (Å²) in [4.78, 5) is 37.1. The van der Waals surface area contributed by atoms with E-state index in [0.717, 1.165) is 31.3 Å². The number of hydrogen-bond donors (Lipinski definition) is 0. The maximum atomic E-state index is 12.8. The van der Waals surface area contributed by atoms with Crippen molar-refractivity contribution in [3.05, 3.63) is 22.8 Å². The van der Waals surface area contributed by atoms with Gasteiger partial charge in [-0.1, -0.05) is 31.5 Å². The average Bonchev–Trinajstić information content (AvgIpc) is 3.39. The Morgan fingerprint density at radius 3 is 2.45 bits per heavy atom. The van der Waals surface area contributed by atoms with Gasteiger partial charge < -0.3 is 4.74 Å². The van der Waals surface area contributed by atoms with Crippen LogP contribution in [0.2, 0.25) is 0 Å². The van der Waals surface area contributed by atoms with Crippen LogP contribution in [0, 0.1) is 40.4 Å². The van der Waals surface area contributed by atoms with Crippen molar-refractivity contribution in [1.29, 1.82) is 0 Å². The second-order valence-corrected chi connectivity index (χ2v) is 10.9. The van der Waals surface area contributed by atoms with Gasteiger partial charge in [-0.2, -0.15) is 0 Å². The number of hydrogen-bond acceptors (Lipinski definition) is 4. The molecule has 0 amide bonds. The van der Waals surface area contributed by atoms with Crippen LogP contribution in [0.15, 0.2) is 22.8 Å². The van der Waals surface area contributed by atoms with E-state index < -0.39 is 5.60 Å². The van der Waals surface area contributed by atoms with E-state index >= 15 is 0 Å². The molecule has 0 saturated heterocycles. The fourth-order valence-electron chi connectivity index (χ4n) is 8.03. The summed E-state index contributed by atoms with van der Waals surface area (Å²) in [5.74, 6) is 1.27. The summed E-state index contributed by atoms with van der Waals surface area (Å²) in [6.07, 6.45) is 8.18. The molecule has 3 fully saturated rings. The summed E-state index contributed by atoms with van der Waals surface area (Å²) < 4.78 is 5.82. The van der Waals surface area contributed by atoms with Gasteiger partial charge >= 0.3 is 5.97 Å². The number of allylic oxidation sites excluding steroid dienone is 4. The van der Waals surface area contributed by atoms with Crippen molar-refractivity contribution in [3.8, 4) is 0 Å². The Morgan fingerprint density at radius 1 is 1.10 bits per heavy atom. The van der Waals surface area contributed by atoms with Gasteiger partial charge in [0.25, 0.3) is 0 Å². The first-order chi connectivity index (χ1) is 13.6. The molecule has 5 aliphatic rings. The van der Waals surface area contributed by atoms with Gasteiger partial charge in [-0.05, 0) is 74.3 Å². The topological polar surface area (TPSA) is 60.4 Å². The van der Waals surface area contributed by atoms with Crippen LogP contribution in [-0.2, 0) is 19.1 Å². The Labute approximate surface area is 177 Å². The van der Waals surface area contributed by atoms with Crippen molar-refractivity contribution in [2.45, 2.75) is 65.4 Å². The van der Waals surface area contributed by atoms with Gasteiger partial charge in [0.1, 0.15) is 0 Å². The molecule has 29 heavy (non-hydrogen) atoms. The summed E-state index contributed by atoms with van der Waals surface area (Å²) >= 11 is 6.79. The molecule has 4 nitrogen and oxygen atoms in total. The van der Waals surface area contributed by atoms with E-state index in [1.807, 2.05) is 6.08 Å². The van der Waals surface area contributed by atoms with E-state index in [9.17, 15) is 14.4 Å². The predicted molar refractivity (Wildman–Crippen MR) is 109 cm³/mol. The Balaban J connectivity index is 1.60. The van der Waals surface area contributed by atoms with Crippen LogP contribution >= 0.6 is 11.6 Å². The number of halogens is 1.